The second-order valence-electron chi connectivity index (χ2n) is 4.68. The lowest BCUT2D eigenvalue weighted by atomic mass is 9.62. The summed E-state index contributed by atoms with van der Waals surface area (Å²) in [5, 5.41) is 0. The van der Waals surface area contributed by atoms with Crippen LogP contribution in [0.2, 0.25) is 0 Å². The zero-order valence-corrected chi connectivity index (χ0v) is 14.0. The predicted molar refractivity (Wildman–Crippen MR) is 83.9 cm³/mol. The van der Waals surface area contributed by atoms with Crippen LogP contribution in [-0.4, -0.2) is 10.9 Å². The summed E-state index contributed by atoms with van der Waals surface area (Å²) in [6.07, 6.45) is 3.82. The molecule has 0 amide bonds. The number of alkyl halides is 1. The zero-order valence-electron chi connectivity index (χ0n) is 10.2. The van der Waals surface area contributed by atoms with E-state index < -0.39 is 0 Å². The number of benzene rings is 1. The number of hydrogen-bond donors (Lipinski definition) is 0. The molecule has 0 radical (unpaired) electrons. The van der Waals surface area contributed by atoms with E-state index in [0.29, 0.717) is 16.3 Å². The summed E-state index contributed by atoms with van der Waals surface area (Å²) in [7, 11) is 0. The quantitative estimate of drug-likeness (QED) is 0.502. The van der Waals surface area contributed by atoms with Crippen molar-refractivity contribution < 1.29 is 4.74 Å². The number of ether oxygens (including phenoxy) is 1. The standard InChI is InChI=1S/C14H18BrIO/c1-3-14(4-2)12(15)9-13(14)17-11-8-6-5-7-10(11)16/h5-8,12-13H,3-4,9H2,1-2H3. The Kier molecular flexibility index (Phi) is 4.40. The van der Waals surface area contributed by atoms with E-state index in [4.69, 9.17) is 4.74 Å². The third-order valence-electron chi connectivity index (χ3n) is 4.11. The molecule has 0 aliphatic heterocycles. The van der Waals surface area contributed by atoms with Gasteiger partial charge in [0.2, 0.25) is 0 Å². The largest absolute Gasteiger partial charge is 0.489 e. The van der Waals surface area contributed by atoms with Crippen LogP contribution in [0.25, 0.3) is 0 Å². The fourth-order valence-electron chi connectivity index (χ4n) is 2.71. The maximum atomic E-state index is 6.21. The number of para-hydroxylation sites is 1. The van der Waals surface area contributed by atoms with Crippen molar-refractivity contribution in [3.8, 4) is 5.75 Å². The molecule has 0 N–H and O–H groups in total. The van der Waals surface area contributed by atoms with Crippen LogP contribution in [-0.2, 0) is 0 Å². The Balaban J connectivity index is 2.13. The highest BCUT2D eigenvalue weighted by atomic mass is 127. The van der Waals surface area contributed by atoms with E-state index >= 15 is 0 Å². The summed E-state index contributed by atoms with van der Waals surface area (Å²) in [6.45, 7) is 4.53. The third kappa shape index (κ3) is 2.37. The van der Waals surface area contributed by atoms with Gasteiger partial charge in [0.15, 0.2) is 0 Å². The van der Waals surface area contributed by atoms with Crippen molar-refractivity contribution in [2.75, 3.05) is 0 Å². The molecule has 0 spiro atoms. The van der Waals surface area contributed by atoms with Gasteiger partial charge >= 0.3 is 0 Å². The minimum absolute atomic E-state index is 0.318. The Morgan fingerprint density at radius 1 is 1.35 bits per heavy atom. The van der Waals surface area contributed by atoms with Crippen LogP contribution in [0.15, 0.2) is 24.3 Å². The molecule has 2 unspecified atom stereocenters. The van der Waals surface area contributed by atoms with Crippen molar-refractivity contribution in [2.45, 2.75) is 44.0 Å². The minimum Gasteiger partial charge on any atom is -0.489 e. The Labute approximate surface area is 126 Å². The maximum absolute atomic E-state index is 6.21. The second-order valence-corrected chi connectivity index (χ2v) is 6.95. The normalized spacial score (nSPS) is 26.4. The molecule has 0 aromatic heterocycles. The van der Waals surface area contributed by atoms with E-state index in [2.05, 4.69) is 70.6 Å². The smallest absolute Gasteiger partial charge is 0.133 e. The molecule has 94 valence electrons. The van der Waals surface area contributed by atoms with Gasteiger partial charge in [-0.05, 0) is 54.0 Å². The Morgan fingerprint density at radius 2 is 2.00 bits per heavy atom. The minimum atomic E-state index is 0.318. The van der Waals surface area contributed by atoms with Gasteiger partial charge in [-0.25, -0.2) is 0 Å². The first-order valence-corrected chi connectivity index (χ1v) is 8.18. The fraction of sp³-hybridized carbons (Fsp3) is 0.571. The Hall–Kier alpha value is 0.230. The summed E-state index contributed by atoms with van der Waals surface area (Å²) in [5.41, 5.74) is 0.318. The molecule has 17 heavy (non-hydrogen) atoms. The third-order valence-corrected chi connectivity index (χ3v) is 6.29. The predicted octanol–water partition coefficient (Wildman–Crippen LogP) is 5.01. The summed E-state index contributed by atoms with van der Waals surface area (Å²) >= 11 is 6.13. The van der Waals surface area contributed by atoms with Gasteiger partial charge in [0, 0.05) is 10.2 Å². The summed E-state index contributed by atoms with van der Waals surface area (Å²) < 4.78 is 7.41. The van der Waals surface area contributed by atoms with Crippen LogP contribution in [0.1, 0.15) is 33.1 Å². The van der Waals surface area contributed by atoms with Crippen LogP contribution in [0.4, 0.5) is 0 Å². The Bertz CT molecular complexity index is 390. The van der Waals surface area contributed by atoms with Gasteiger partial charge in [0.05, 0.1) is 3.57 Å². The molecule has 1 aliphatic rings. The van der Waals surface area contributed by atoms with Crippen molar-refractivity contribution in [1.29, 1.82) is 0 Å². The van der Waals surface area contributed by atoms with Crippen molar-refractivity contribution in [2.24, 2.45) is 5.41 Å². The average molecular weight is 409 g/mol. The van der Waals surface area contributed by atoms with Gasteiger partial charge in [0.25, 0.3) is 0 Å². The van der Waals surface area contributed by atoms with Crippen LogP contribution >= 0.6 is 38.5 Å². The molecule has 0 bridgehead atoms. The second kappa shape index (κ2) is 5.47. The van der Waals surface area contributed by atoms with Crippen molar-refractivity contribution in [1.82, 2.24) is 0 Å². The maximum Gasteiger partial charge on any atom is 0.133 e. The molecular weight excluding hydrogens is 391 g/mol. The molecular formula is C14H18BrIO. The highest BCUT2D eigenvalue weighted by molar-refractivity contribution is 14.1. The first-order valence-electron chi connectivity index (χ1n) is 6.19. The average Bonchev–Trinajstić information content (AvgIpc) is 2.33. The first-order chi connectivity index (χ1) is 8.14. The van der Waals surface area contributed by atoms with Crippen LogP contribution in [0.3, 0.4) is 0 Å². The molecule has 1 aromatic rings. The van der Waals surface area contributed by atoms with Crippen LogP contribution in [0.5, 0.6) is 5.75 Å². The van der Waals surface area contributed by atoms with Gasteiger partial charge < -0.3 is 4.74 Å². The topological polar surface area (TPSA) is 9.23 Å². The molecule has 2 rings (SSSR count). The lowest BCUT2D eigenvalue weighted by Gasteiger charge is -2.52. The van der Waals surface area contributed by atoms with E-state index in [-0.39, 0.29) is 0 Å². The van der Waals surface area contributed by atoms with Gasteiger partial charge in [-0.15, -0.1) is 0 Å². The summed E-state index contributed by atoms with van der Waals surface area (Å²) in [6, 6.07) is 8.26. The van der Waals surface area contributed by atoms with Gasteiger partial charge in [-0.3, -0.25) is 0 Å². The first kappa shape index (κ1) is 13.7. The molecule has 1 fully saturated rings. The molecule has 0 saturated heterocycles. The van der Waals surface area contributed by atoms with Gasteiger partial charge in [-0.1, -0.05) is 41.9 Å². The van der Waals surface area contributed by atoms with E-state index in [1.165, 1.54) is 16.4 Å². The van der Waals surface area contributed by atoms with Crippen LogP contribution < -0.4 is 4.74 Å². The summed E-state index contributed by atoms with van der Waals surface area (Å²) in [4.78, 5) is 0.608. The van der Waals surface area contributed by atoms with Crippen LogP contribution in [0, 0.1) is 8.99 Å². The number of hydrogen-bond acceptors (Lipinski definition) is 1. The van der Waals surface area contributed by atoms with Crippen molar-refractivity contribution in [3.63, 3.8) is 0 Å². The molecule has 0 heterocycles. The van der Waals surface area contributed by atoms with E-state index in [1.54, 1.807) is 0 Å². The van der Waals surface area contributed by atoms with Crippen molar-refractivity contribution >= 4 is 38.5 Å². The number of halogens is 2. The lowest BCUT2D eigenvalue weighted by Crippen LogP contribution is -2.56. The molecule has 1 saturated carbocycles. The van der Waals surface area contributed by atoms with E-state index in [9.17, 15) is 0 Å². The van der Waals surface area contributed by atoms with Crippen molar-refractivity contribution in [3.05, 3.63) is 27.8 Å². The van der Waals surface area contributed by atoms with Gasteiger partial charge in [0.1, 0.15) is 11.9 Å². The SMILES string of the molecule is CCC1(CC)C(Br)CC1Oc1ccccc1I. The lowest BCUT2D eigenvalue weighted by molar-refractivity contribution is -0.0415. The molecule has 2 atom stereocenters. The summed E-state index contributed by atoms with van der Waals surface area (Å²) in [5.74, 6) is 1.03. The highest BCUT2D eigenvalue weighted by Crippen LogP contribution is 2.52. The number of rotatable bonds is 4. The van der Waals surface area contributed by atoms with E-state index in [0.717, 1.165) is 12.2 Å². The molecule has 3 heteroatoms. The zero-order chi connectivity index (χ0) is 12.5. The van der Waals surface area contributed by atoms with E-state index in [1.807, 2.05) is 6.07 Å². The monoisotopic (exact) mass is 408 g/mol. The fourth-order valence-corrected chi connectivity index (χ4v) is 4.50. The highest BCUT2D eigenvalue weighted by Gasteiger charge is 2.53. The Morgan fingerprint density at radius 3 is 2.53 bits per heavy atom. The molecule has 1 aromatic carbocycles. The molecule has 1 aliphatic carbocycles. The molecule has 1 nitrogen and oxygen atoms in total. The van der Waals surface area contributed by atoms with Gasteiger partial charge in [-0.2, -0.15) is 0 Å².